The number of unbranched alkanes of at least 4 members (excludes halogenated alkanes) is 1. The standard InChI is InChI=1S/C17H24N4O3/c1-2-3-10-18-17(24)21-20-15(22)9-8-13-11-12-6-4-5-7-14(12)19-16(13)23/h4-7,13H,2-3,8-11H2,1H3,(H,19,23)(H,20,22)(H2,18,21,24). The minimum atomic E-state index is -0.430. The summed E-state index contributed by atoms with van der Waals surface area (Å²) < 4.78 is 0. The molecule has 0 fully saturated rings. The summed E-state index contributed by atoms with van der Waals surface area (Å²) in [7, 11) is 0. The van der Waals surface area contributed by atoms with Gasteiger partial charge in [-0.2, -0.15) is 0 Å². The van der Waals surface area contributed by atoms with Crippen LogP contribution < -0.4 is 21.5 Å². The van der Waals surface area contributed by atoms with Crippen LogP contribution in [-0.2, 0) is 16.0 Å². The van der Waals surface area contributed by atoms with Crippen molar-refractivity contribution in [3.63, 3.8) is 0 Å². The van der Waals surface area contributed by atoms with E-state index in [0.717, 1.165) is 24.1 Å². The lowest BCUT2D eigenvalue weighted by atomic mass is 9.89. The summed E-state index contributed by atoms with van der Waals surface area (Å²) in [5.74, 6) is -0.608. The number of para-hydroxylation sites is 1. The third-order valence-corrected chi connectivity index (χ3v) is 3.96. The van der Waals surface area contributed by atoms with Crippen LogP contribution in [0.25, 0.3) is 0 Å². The van der Waals surface area contributed by atoms with E-state index < -0.39 is 6.03 Å². The number of nitrogens with one attached hydrogen (secondary N) is 4. The Morgan fingerprint density at radius 1 is 1.25 bits per heavy atom. The van der Waals surface area contributed by atoms with Crippen molar-refractivity contribution in [1.82, 2.24) is 16.2 Å². The van der Waals surface area contributed by atoms with Gasteiger partial charge >= 0.3 is 6.03 Å². The van der Waals surface area contributed by atoms with E-state index in [1.165, 1.54) is 0 Å². The highest BCUT2D eigenvalue weighted by atomic mass is 16.2. The Kier molecular flexibility index (Phi) is 6.60. The third kappa shape index (κ3) is 5.26. The predicted molar refractivity (Wildman–Crippen MR) is 91.1 cm³/mol. The second-order valence-electron chi connectivity index (χ2n) is 5.87. The summed E-state index contributed by atoms with van der Waals surface area (Å²) in [5.41, 5.74) is 6.58. The molecule has 1 heterocycles. The smallest absolute Gasteiger partial charge is 0.333 e. The summed E-state index contributed by atoms with van der Waals surface area (Å²) in [4.78, 5) is 35.3. The molecule has 4 N–H and O–H groups in total. The highest BCUT2D eigenvalue weighted by molar-refractivity contribution is 5.96. The van der Waals surface area contributed by atoms with E-state index in [9.17, 15) is 14.4 Å². The monoisotopic (exact) mass is 332 g/mol. The lowest BCUT2D eigenvalue weighted by Gasteiger charge is -2.24. The van der Waals surface area contributed by atoms with Crippen molar-refractivity contribution in [3.05, 3.63) is 29.8 Å². The molecule has 1 aromatic carbocycles. The van der Waals surface area contributed by atoms with Crippen molar-refractivity contribution in [1.29, 1.82) is 0 Å². The zero-order chi connectivity index (χ0) is 17.4. The number of hydrazine groups is 1. The van der Waals surface area contributed by atoms with Gasteiger partial charge < -0.3 is 10.6 Å². The Morgan fingerprint density at radius 3 is 2.83 bits per heavy atom. The van der Waals surface area contributed by atoms with Gasteiger partial charge in [0.25, 0.3) is 0 Å². The first-order chi connectivity index (χ1) is 11.6. The molecule has 130 valence electrons. The fourth-order valence-corrected chi connectivity index (χ4v) is 2.56. The van der Waals surface area contributed by atoms with Crippen molar-refractivity contribution in [2.45, 2.75) is 39.0 Å². The zero-order valence-corrected chi connectivity index (χ0v) is 13.9. The molecule has 1 aliphatic rings. The predicted octanol–water partition coefficient (Wildman–Crippen LogP) is 1.71. The van der Waals surface area contributed by atoms with Gasteiger partial charge in [0.1, 0.15) is 0 Å². The van der Waals surface area contributed by atoms with Crippen LogP contribution in [-0.4, -0.2) is 24.4 Å². The van der Waals surface area contributed by atoms with Crippen molar-refractivity contribution in [2.24, 2.45) is 5.92 Å². The fraction of sp³-hybridized carbons (Fsp3) is 0.471. The molecule has 0 aliphatic carbocycles. The molecular formula is C17H24N4O3. The van der Waals surface area contributed by atoms with Crippen LogP contribution in [0.15, 0.2) is 24.3 Å². The summed E-state index contributed by atoms with van der Waals surface area (Å²) in [6.45, 7) is 2.60. The molecule has 24 heavy (non-hydrogen) atoms. The molecule has 0 spiro atoms. The minimum Gasteiger partial charge on any atom is -0.337 e. The number of rotatable bonds is 6. The van der Waals surface area contributed by atoms with E-state index in [1.54, 1.807) is 0 Å². The average molecular weight is 332 g/mol. The number of hydrogen-bond acceptors (Lipinski definition) is 3. The molecule has 0 aromatic heterocycles. The second-order valence-corrected chi connectivity index (χ2v) is 5.87. The van der Waals surface area contributed by atoms with Crippen LogP contribution in [0, 0.1) is 5.92 Å². The molecule has 1 unspecified atom stereocenters. The molecular weight excluding hydrogens is 308 g/mol. The third-order valence-electron chi connectivity index (χ3n) is 3.96. The molecule has 7 nitrogen and oxygen atoms in total. The maximum absolute atomic E-state index is 12.1. The Labute approximate surface area is 141 Å². The van der Waals surface area contributed by atoms with Gasteiger partial charge in [-0.05, 0) is 30.9 Å². The van der Waals surface area contributed by atoms with Gasteiger partial charge in [-0.1, -0.05) is 31.5 Å². The van der Waals surface area contributed by atoms with Crippen LogP contribution in [0.1, 0.15) is 38.2 Å². The number of anilines is 1. The second kappa shape index (κ2) is 8.90. The first kappa shape index (κ1) is 17.8. The van der Waals surface area contributed by atoms with Crippen LogP contribution in [0.5, 0.6) is 0 Å². The molecule has 7 heteroatoms. The Balaban J connectivity index is 1.70. The Bertz CT molecular complexity index is 603. The van der Waals surface area contributed by atoms with Crippen LogP contribution >= 0.6 is 0 Å². The van der Waals surface area contributed by atoms with E-state index in [-0.39, 0.29) is 24.2 Å². The average Bonchev–Trinajstić information content (AvgIpc) is 2.58. The van der Waals surface area contributed by atoms with Gasteiger partial charge in [0.2, 0.25) is 11.8 Å². The topological polar surface area (TPSA) is 99.3 Å². The number of hydrogen-bond donors (Lipinski definition) is 4. The first-order valence-corrected chi connectivity index (χ1v) is 8.31. The number of amides is 4. The summed E-state index contributed by atoms with van der Waals surface area (Å²) in [6, 6.07) is 7.23. The molecule has 2 rings (SSSR count). The van der Waals surface area contributed by atoms with E-state index in [2.05, 4.69) is 21.5 Å². The largest absolute Gasteiger partial charge is 0.337 e. The Morgan fingerprint density at radius 2 is 2.04 bits per heavy atom. The summed E-state index contributed by atoms with van der Waals surface area (Å²) >= 11 is 0. The highest BCUT2D eigenvalue weighted by Gasteiger charge is 2.26. The van der Waals surface area contributed by atoms with Crippen molar-refractivity contribution >= 4 is 23.5 Å². The van der Waals surface area contributed by atoms with Crippen molar-refractivity contribution in [2.75, 3.05) is 11.9 Å². The van der Waals surface area contributed by atoms with E-state index in [0.29, 0.717) is 19.4 Å². The molecule has 0 saturated carbocycles. The lowest BCUT2D eigenvalue weighted by molar-refractivity contribution is -0.123. The van der Waals surface area contributed by atoms with Crippen LogP contribution in [0.4, 0.5) is 10.5 Å². The SMILES string of the molecule is CCCCNC(=O)NNC(=O)CCC1Cc2ccccc2NC1=O. The van der Waals surface area contributed by atoms with Crippen molar-refractivity contribution in [3.8, 4) is 0 Å². The molecule has 1 aromatic rings. The van der Waals surface area contributed by atoms with Gasteiger partial charge in [-0.15, -0.1) is 0 Å². The molecule has 0 radical (unpaired) electrons. The van der Waals surface area contributed by atoms with E-state index in [1.807, 2.05) is 31.2 Å². The number of carbonyl (C=O) groups is 3. The molecule has 4 amide bonds. The molecule has 1 atom stereocenters. The van der Waals surface area contributed by atoms with Gasteiger partial charge in [0.05, 0.1) is 0 Å². The van der Waals surface area contributed by atoms with Crippen LogP contribution in [0.2, 0.25) is 0 Å². The number of urea groups is 1. The number of fused-ring (bicyclic) bond motifs is 1. The lowest BCUT2D eigenvalue weighted by Crippen LogP contribution is -2.47. The van der Waals surface area contributed by atoms with Gasteiger partial charge in [0, 0.05) is 24.6 Å². The van der Waals surface area contributed by atoms with Crippen molar-refractivity contribution < 1.29 is 14.4 Å². The molecule has 0 bridgehead atoms. The molecule has 0 saturated heterocycles. The first-order valence-electron chi connectivity index (χ1n) is 8.31. The minimum absolute atomic E-state index is 0.0632. The Hall–Kier alpha value is -2.57. The van der Waals surface area contributed by atoms with Gasteiger partial charge in [0.15, 0.2) is 0 Å². The normalized spacial score (nSPS) is 15.9. The zero-order valence-electron chi connectivity index (χ0n) is 13.9. The number of benzene rings is 1. The maximum Gasteiger partial charge on any atom is 0.333 e. The van der Waals surface area contributed by atoms with Gasteiger partial charge in [-0.25, -0.2) is 10.2 Å². The summed E-state index contributed by atoms with van der Waals surface area (Å²) in [5, 5.41) is 5.50. The fourth-order valence-electron chi connectivity index (χ4n) is 2.56. The maximum atomic E-state index is 12.1. The summed E-state index contributed by atoms with van der Waals surface area (Å²) in [6.07, 6.45) is 3.11. The van der Waals surface area contributed by atoms with E-state index in [4.69, 9.17) is 0 Å². The highest BCUT2D eigenvalue weighted by Crippen LogP contribution is 2.27. The quantitative estimate of drug-likeness (QED) is 0.471. The number of carbonyl (C=O) groups excluding carboxylic acids is 3. The van der Waals surface area contributed by atoms with Gasteiger partial charge in [-0.3, -0.25) is 15.0 Å². The molecule has 1 aliphatic heterocycles. The van der Waals surface area contributed by atoms with E-state index >= 15 is 0 Å². The van der Waals surface area contributed by atoms with Crippen LogP contribution in [0.3, 0.4) is 0 Å².